The van der Waals surface area contributed by atoms with Crippen LogP contribution in [-0.4, -0.2) is 36.6 Å². The SMILES string of the molecule is Cc1cnc2c(F)cc(-c3c[nH]c4nc(NC(C)C(F)(F)F)ncc34)cn12. The summed E-state index contributed by atoms with van der Waals surface area (Å²) in [6.45, 7) is 2.79. The third-order valence-electron chi connectivity index (χ3n) is 4.33. The van der Waals surface area contributed by atoms with Gasteiger partial charge in [0.2, 0.25) is 5.95 Å². The number of fused-ring (bicyclic) bond motifs is 2. The highest BCUT2D eigenvalue weighted by molar-refractivity contribution is 5.93. The van der Waals surface area contributed by atoms with E-state index in [0.29, 0.717) is 22.2 Å². The van der Waals surface area contributed by atoms with E-state index in [-0.39, 0.29) is 11.6 Å². The summed E-state index contributed by atoms with van der Waals surface area (Å²) >= 11 is 0. The van der Waals surface area contributed by atoms with Gasteiger partial charge in [-0.2, -0.15) is 18.2 Å². The lowest BCUT2D eigenvalue weighted by atomic mass is 10.1. The van der Waals surface area contributed by atoms with Gasteiger partial charge in [0.15, 0.2) is 11.5 Å². The summed E-state index contributed by atoms with van der Waals surface area (Å²) < 4.78 is 54.0. The van der Waals surface area contributed by atoms with Crippen molar-refractivity contribution in [1.29, 1.82) is 0 Å². The van der Waals surface area contributed by atoms with Gasteiger partial charge in [-0.05, 0) is 19.9 Å². The van der Waals surface area contributed by atoms with Crippen molar-refractivity contribution in [3.63, 3.8) is 0 Å². The molecule has 4 aromatic rings. The summed E-state index contributed by atoms with van der Waals surface area (Å²) in [7, 11) is 0. The number of hydrogen-bond donors (Lipinski definition) is 2. The van der Waals surface area contributed by atoms with Crippen LogP contribution < -0.4 is 5.32 Å². The number of alkyl halides is 3. The molecule has 1 atom stereocenters. The first kappa shape index (κ1) is 17.3. The monoisotopic (exact) mass is 378 g/mol. The van der Waals surface area contributed by atoms with E-state index >= 15 is 0 Å². The molecule has 0 saturated heterocycles. The van der Waals surface area contributed by atoms with Gasteiger partial charge >= 0.3 is 6.18 Å². The molecule has 2 N–H and O–H groups in total. The number of pyridine rings is 1. The Morgan fingerprint density at radius 2 is 2.00 bits per heavy atom. The molecule has 6 nitrogen and oxygen atoms in total. The van der Waals surface area contributed by atoms with Gasteiger partial charge in [0.1, 0.15) is 11.7 Å². The second kappa shape index (κ2) is 5.93. The maximum absolute atomic E-state index is 14.3. The molecule has 0 spiro atoms. The largest absolute Gasteiger partial charge is 0.408 e. The Labute approximate surface area is 150 Å². The third kappa shape index (κ3) is 2.96. The van der Waals surface area contributed by atoms with E-state index in [1.54, 1.807) is 29.9 Å². The fourth-order valence-corrected chi connectivity index (χ4v) is 2.80. The number of H-pyrrole nitrogens is 1. The van der Waals surface area contributed by atoms with Crippen molar-refractivity contribution in [3.8, 4) is 11.1 Å². The van der Waals surface area contributed by atoms with Gasteiger partial charge in [-0.15, -0.1) is 0 Å². The number of aromatic amines is 1. The van der Waals surface area contributed by atoms with Gasteiger partial charge in [-0.25, -0.2) is 14.4 Å². The summed E-state index contributed by atoms with van der Waals surface area (Å²) in [4.78, 5) is 14.9. The maximum Gasteiger partial charge on any atom is 0.408 e. The Bertz CT molecular complexity index is 1140. The summed E-state index contributed by atoms with van der Waals surface area (Å²) in [5, 5.41) is 2.79. The van der Waals surface area contributed by atoms with Gasteiger partial charge in [-0.3, -0.25) is 0 Å². The smallest absolute Gasteiger partial charge is 0.345 e. The lowest BCUT2D eigenvalue weighted by Crippen LogP contribution is -2.33. The topological polar surface area (TPSA) is 70.9 Å². The molecule has 4 rings (SSSR count). The zero-order chi connectivity index (χ0) is 19.3. The van der Waals surface area contributed by atoms with Gasteiger partial charge in [0.05, 0.1) is 0 Å². The number of halogens is 4. The molecule has 0 amide bonds. The molecule has 0 saturated carbocycles. The number of imidazole rings is 1. The van der Waals surface area contributed by atoms with E-state index in [2.05, 4.69) is 25.3 Å². The van der Waals surface area contributed by atoms with Gasteiger partial charge in [0.25, 0.3) is 0 Å². The van der Waals surface area contributed by atoms with E-state index in [1.807, 2.05) is 0 Å². The predicted octanol–water partition coefficient (Wildman–Crippen LogP) is 4.08. The Balaban J connectivity index is 1.75. The standard InChI is InChI=1S/C17H14F4N6/c1-8-4-23-15-13(18)3-10(7-27(8)15)11-5-22-14-12(11)6-24-16(26-14)25-9(2)17(19,20)21/h3-7,9H,1-2H3,(H2,22,24,25,26). The van der Waals surface area contributed by atoms with Crippen LogP contribution in [0.2, 0.25) is 0 Å². The molecular formula is C17H14F4N6. The molecule has 10 heteroatoms. The number of aryl methyl sites for hydroxylation is 1. The van der Waals surface area contributed by atoms with Crippen molar-refractivity contribution in [1.82, 2.24) is 24.3 Å². The fourth-order valence-electron chi connectivity index (χ4n) is 2.80. The quantitative estimate of drug-likeness (QED) is 0.527. The van der Waals surface area contributed by atoms with E-state index in [0.717, 1.165) is 12.6 Å². The van der Waals surface area contributed by atoms with Gasteiger partial charge in [-0.1, -0.05) is 0 Å². The molecule has 1 unspecified atom stereocenters. The zero-order valence-electron chi connectivity index (χ0n) is 14.3. The average Bonchev–Trinajstić information content (AvgIpc) is 3.18. The highest BCUT2D eigenvalue weighted by atomic mass is 19.4. The van der Waals surface area contributed by atoms with Gasteiger partial charge in [0, 0.05) is 47.0 Å². The number of aromatic nitrogens is 5. The first-order chi connectivity index (χ1) is 12.7. The van der Waals surface area contributed by atoms with E-state index in [9.17, 15) is 17.6 Å². The lowest BCUT2D eigenvalue weighted by Gasteiger charge is -2.16. The first-order valence-electron chi connectivity index (χ1n) is 8.05. The van der Waals surface area contributed by atoms with Crippen LogP contribution in [0.3, 0.4) is 0 Å². The van der Waals surface area contributed by atoms with Crippen LogP contribution in [0.5, 0.6) is 0 Å². The summed E-state index contributed by atoms with van der Waals surface area (Å²) in [5.41, 5.74) is 2.55. The first-order valence-corrected chi connectivity index (χ1v) is 8.05. The minimum Gasteiger partial charge on any atom is -0.345 e. The van der Waals surface area contributed by atoms with Crippen LogP contribution >= 0.6 is 0 Å². The molecule has 0 aliphatic rings. The molecule has 0 aromatic carbocycles. The highest BCUT2D eigenvalue weighted by Crippen LogP contribution is 2.30. The van der Waals surface area contributed by atoms with Gasteiger partial charge < -0.3 is 14.7 Å². The number of anilines is 1. The van der Waals surface area contributed by atoms with Crippen LogP contribution in [0.15, 0.2) is 30.9 Å². The van der Waals surface area contributed by atoms with Crippen molar-refractivity contribution in [2.45, 2.75) is 26.1 Å². The molecule has 0 fully saturated rings. The number of nitrogens with zero attached hydrogens (tertiary/aromatic N) is 4. The summed E-state index contributed by atoms with van der Waals surface area (Å²) in [6.07, 6.45) is 1.92. The number of rotatable bonds is 3. The summed E-state index contributed by atoms with van der Waals surface area (Å²) in [6, 6.07) is -0.437. The molecular weight excluding hydrogens is 364 g/mol. The average molecular weight is 378 g/mol. The van der Waals surface area contributed by atoms with E-state index < -0.39 is 18.0 Å². The van der Waals surface area contributed by atoms with Crippen LogP contribution in [0.25, 0.3) is 27.8 Å². The molecule has 0 aliphatic carbocycles. The molecule has 4 aromatic heterocycles. The second-order valence-electron chi connectivity index (χ2n) is 6.24. The van der Waals surface area contributed by atoms with Crippen LogP contribution in [0.4, 0.5) is 23.5 Å². The van der Waals surface area contributed by atoms with Crippen LogP contribution in [0, 0.1) is 12.7 Å². The van der Waals surface area contributed by atoms with Crippen molar-refractivity contribution >= 4 is 22.6 Å². The van der Waals surface area contributed by atoms with Crippen molar-refractivity contribution in [2.75, 3.05) is 5.32 Å². The third-order valence-corrected chi connectivity index (χ3v) is 4.33. The second-order valence-corrected chi connectivity index (χ2v) is 6.24. The van der Waals surface area contributed by atoms with Crippen LogP contribution in [0.1, 0.15) is 12.6 Å². The molecule has 0 aliphatic heterocycles. The Hall–Kier alpha value is -3.17. The molecule has 0 bridgehead atoms. The normalized spacial score (nSPS) is 13.4. The Morgan fingerprint density at radius 1 is 1.22 bits per heavy atom. The predicted molar refractivity (Wildman–Crippen MR) is 91.9 cm³/mol. The van der Waals surface area contributed by atoms with Crippen molar-refractivity contribution < 1.29 is 17.6 Å². The Morgan fingerprint density at radius 3 is 2.74 bits per heavy atom. The molecule has 0 radical (unpaired) electrons. The number of nitrogens with one attached hydrogen (secondary N) is 2. The fraction of sp³-hybridized carbons (Fsp3) is 0.235. The zero-order valence-corrected chi connectivity index (χ0v) is 14.3. The summed E-state index contributed by atoms with van der Waals surface area (Å²) in [5.74, 6) is -0.624. The molecule has 27 heavy (non-hydrogen) atoms. The van der Waals surface area contributed by atoms with Crippen LogP contribution in [-0.2, 0) is 0 Å². The van der Waals surface area contributed by atoms with E-state index in [4.69, 9.17) is 0 Å². The van der Waals surface area contributed by atoms with Crippen molar-refractivity contribution in [3.05, 3.63) is 42.4 Å². The number of hydrogen-bond acceptors (Lipinski definition) is 4. The molecule has 4 heterocycles. The molecule has 140 valence electrons. The highest BCUT2D eigenvalue weighted by Gasteiger charge is 2.36. The minimum atomic E-state index is -4.41. The lowest BCUT2D eigenvalue weighted by molar-refractivity contribution is -0.138. The Kier molecular flexibility index (Phi) is 3.79. The maximum atomic E-state index is 14.3. The van der Waals surface area contributed by atoms with Crippen molar-refractivity contribution in [2.24, 2.45) is 0 Å². The minimum absolute atomic E-state index is 0.146. The van der Waals surface area contributed by atoms with E-state index in [1.165, 1.54) is 12.3 Å².